The van der Waals surface area contributed by atoms with Gasteiger partial charge in [-0.15, -0.1) is 0 Å². The maximum atomic E-state index is 13.0. The third-order valence-electron chi connectivity index (χ3n) is 5.27. The van der Waals surface area contributed by atoms with Crippen LogP contribution in [0.25, 0.3) is 11.0 Å². The molecular formula is C23H23ClN2O3. The van der Waals surface area contributed by atoms with Crippen LogP contribution in [-0.2, 0) is 4.74 Å². The van der Waals surface area contributed by atoms with Crippen molar-refractivity contribution in [1.29, 1.82) is 0 Å². The molecule has 0 bridgehead atoms. The van der Waals surface area contributed by atoms with E-state index in [-0.39, 0.29) is 17.6 Å². The molecule has 0 spiro atoms. The van der Waals surface area contributed by atoms with Crippen LogP contribution in [0.15, 0.2) is 51.9 Å². The van der Waals surface area contributed by atoms with Crippen LogP contribution in [0.3, 0.4) is 0 Å². The van der Waals surface area contributed by atoms with Crippen molar-refractivity contribution in [2.75, 3.05) is 13.2 Å². The average molecular weight is 411 g/mol. The monoisotopic (exact) mass is 410 g/mol. The Balaban J connectivity index is 1.79. The molecular weight excluding hydrogens is 388 g/mol. The van der Waals surface area contributed by atoms with Gasteiger partial charge in [0.05, 0.1) is 11.8 Å². The Morgan fingerprint density at radius 3 is 2.90 bits per heavy atom. The van der Waals surface area contributed by atoms with Crippen LogP contribution in [0.1, 0.15) is 34.3 Å². The molecule has 2 heterocycles. The molecule has 4 rings (SSSR count). The summed E-state index contributed by atoms with van der Waals surface area (Å²) in [5.41, 5.74) is 4.22. The summed E-state index contributed by atoms with van der Waals surface area (Å²) < 4.78 is 11.6. The number of hydrogen-bond acceptors (Lipinski definition) is 4. The highest BCUT2D eigenvalue weighted by atomic mass is 35.5. The number of nitrogens with one attached hydrogen (secondary N) is 1. The molecule has 0 radical (unpaired) electrons. The summed E-state index contributed by atoms with van der Waals surface area (Å²) in [5, 5.41) is 4.29. The molecule has 1 atom stereocenters. The first kappa shape index (κ1) is 19.7. The predicted molar refractivity (Wildman–Crippen MR) is 114 cm³/mol. The zero-order chi connectivity index (χ0) is 20.4. The van der Waals surface area contributed by atoms with Gasteiger partial charge in [0.1, 0.15) is 11.1 Å². The fourth-order valence-electron chi connectivity index (χ4n) is 3.42. The van der Waals surface area contributed by atoms with Crippen LogP contribution in [0.5, 0.6) is 0 Å². The van der Waals surface area contributed by atoms with Crippen molar-refractivity contribution in [2.24, 2.45) is 4.99 Å². The van der Waals surface area contributed by atoms with E-state index >= 15 is 0 Å². The van der Waals surface area contributed by atoms with Crippen molar-refractivity contribution in [3.05, 3.63) is 69.7 Å². The molecule has 1 fully saturated rings. The van der Waals surface area contributed by atoms with E-state index in [1.165, 1.54) is 0 Å². The van der Waals surface area contributed by atoms with Crippen molar-refractivity contribution < 1.29 is 13.9 Å². The summed E-state index contributed by atoms with van der Waals surface area (Å²) in [7, 11) is 0. The van der Waals surface area contributed by atoms with Crippen molar-refractivity contribution in [2.45, 2.75) is 32.8 Å². The molecule has 29 heavy (non-hydrogen) atoms. The van der Waals surface area contributed by atoms with E-state index in [2.05, 4.69) is 10.3 Å². The number of carbonyl (C=O) groups is 1. The average Bonchev–Trinajstić information content (AvgIpc) is 3.23. The molecule has 5 nitrogen and oxygen atoms in total. The molecule has 0 unspecified atom stereocenters. The topological polar surface area (TPSA) is 63.8 Å². The molecule has 2 aromatic carbocycles. The van der Waals surface area contributed by atoms with E-state index < -0.39 is 0 Å². The summed E-state index contributed by atoms with van der Waals surface area (Å²) >= 11 is 6.12. The molecule has 1 aliphatic heterocycles. The summed E-state index contributed by atoms with van der Waals surface area (Å²) in [6, 6.07) is 13.0. The van der Waals surface area contributed by atoms with E-state index in [1.54, 1.807) is 24.3 Å². The van der Waals surface area contributed by atoms with Crippen LogP contribution in [0.4, 0.5) is 5.69 Å². The number of rotatable bonds is 4. The van der Waals surface area contributed by atoms with Crippen LogP contribution >= 0.6 is 11.6 Å². The number of fused-ring (bicyclic) bond motifs is 1. The second-order valence-electron chi connectivity index (χ2n) is 7.32. The number of hydrogen-bond donors (Lipinski definition) is 1. The number of aryl methyl sites for hydroxylation is 1. The van der Waals surface area contributed by atoms with Crippen molar-refractivity contribution in [3.8, 4) is 0 Å². The molecule has 0 saturated carbocycles. The summed E-state index contributed by atoms with van der Waals surface area (Å²) in [4.78, 5) is 17.7. The summed E-state index contributed by atoms with van der Waals surface area (Å²) in [6.45, 7) is 5.25. The lowest BCUT2D eigenvalue weighted by molar-refractivity contribution is 0.0854. The highest BCUT2D eigenvalue weighted by Crippen LogP contribution is 2.22. The fourth-order valence-corrected chi connectivity index (χ4v) is 3.60. The fraction of sp³-hybridized carbons (Fsp3) is 0.304. The molecule has 3 aromatic rings. The molecule has 1 saturated heterocycles. The van der Waals surface area contributed by atoms with Crippen LogP contribution in [0, 0.1) is 13.8 Å². The van der Waals surface area contributed by atoms with Crippen LogP contribution < -0.4 is 10.9 Å². The number of carbonyl (C=O) groups excluding carboxylic acids is 1. The highest BCUT2D eigenvalue weighted by molar-refractivity contribution is 6.31. The van der Waals surface area contributed by atoms with E-state index in [9.17, 15) is 4.79 Å². The summed E-state index contributed by atoms with van der Waals surface area (Å²) in [5.74, 6) is -0.241. The third-order valence-corrected chi connectivity index (χ3v) is 5.50. The van der Waals surface area contributed by atoms with Crippen molar-refractivity contribution >= 4 is 34.2 Å². The lowest BCUT2D eigenvalue weighted by atomic mass is 10.1. The smallest absolute Gasteiger partial charge is 0.256 e. The van der Waals surface area contributed by atoms with Gasteiger partial charge in [-0.25, -0.2) is 4.99 Å². The van der Waals surface area contributed by atoms with E-state index in [0.717, 1.165) is 41.6 Å². The Labute approximate surface area is 174 Å². The van der Waals surface area contributed by atoms with Gasteiger partial charge in [0.15, 0.2) is 0 Å². The van der Waals surface area contributed by atoms with Crippen LogP contribution in [0.2, 0.25) is 5.02 Å². The van der Waals surface area contributed by atoms with Gasteiger partial charge in [-0.05, 0) is 68.1 Å². The first-order chi connectivity index (χ1) is 14.0. The van der Waals surface area contributed by atoms with Crippen molar-refractivity contribution in [1.82, 2.24) is 5.32 Å². The number of benzene rings is 2. The van der Waals surface area contributed by atoms with Gasteiger partial charge in [0.25, 0.3) is 5.91 Å². The van der Waals surface area contributed by atoms with Crippen LogP contribution in [-0.4, -0.2) is 25.2 Å². The van der Waals surface area contributed by atoms with Gasteiger partial charge in [-0.3, -0.25) is 4.79 Å². The number of halogens is 1. The normalized spacial score (nSPS) is 17.1. The van der Waals surface area contributed by atoms with Gasteiger partial charge in [-0.2, -0.15) is 0 Å². The maximum absolute atomic E-state index is 13.0. The zero-order valence-electron chi connectivity index (χ0n) is 16.5. The van der Waals surface area contributed by atoms with Gasteiger partial charge < -0.3 is 14.5 Å². The Hall–Kier alpha value is -2.63. The lowest BCUT2D eigenvalue weighted by Gasteiger charge is -2.11. The second-order valence-corrected chi connectivity index (χ2v) is 7.76. The number of ether oxygens (including phenoxy) is 1. The number of nitrogens with zero attached hydrogens (tertiary/aromatic N) is 1. The van der Waals surface area contributed by atoms with E-state index in [1.807, 2.05) is 32.0 Å². The molecule has 0 aliphatic carbocycles. The zero-order valence-corrected chi connectivity index (χ0v) is 17.3. The number of amides is 1. The predicted octanol–water partition coefficient (Wildman–Crippen LogP) is 4.84. The Morgan fingerprint density at radius 1 is 1.24 bits per heavy atom. The van der Waals surface area contributed by atoms with Gasteiger partial charge in [0, 0.05) is 23.6 Å². The van der Waals surface area contributed by atoms with Gasteiger partial charge >= 0.3 is 0 Å². The lowest BCUT2D eigenvalue weighted by Crippen LogP contribution is -2.34. The minimum Gasteiger partial charge on any atom is -0.438 e. The molecule has 150 valence electrons. The molecule has 6 heteroatoms. The summed E-state index contributed by atoms with van der Waals surface area (Å²) in [6.07, 6.45) is 2.04. The van der Waals surface area contributed by atoms with Gasteiger partial charge in [0.2, 0.25) is 5.55 Å². The maximum Gasteiger partial charge on any atom is 0.256 e. The molecule has 1 aromatic heterocycles. The minimum atomic E-state index is -0.241. The Kier molecular flexibility index (Phi) is 5.69. The third kappa shape index (κ3) is 4.36. The van der Waals surface area contributed by atoms with E-state index in [4.69, 9.17) is 20.8 Å². The first-order valence-electron chi connectivity index (χ1n) is 9.75. The largest absolute Gasteiger partial charge is 0.438 e. The standard InChI is InChI=1S/C23H23ClN2O3/c1-14-5-3-7-20(15(14)2)26-23-19(22(27)25-13-18-6-4-10-28-18)12-16-11-17(24)8-9-21(16)29-23/h3,5,7-9,11-12,18H,4,6,10,13H2,1-2H3,(H,25,27)/t18-/m0/s1. The molecule has 1 N–H and O–H groups in total. The van der Waals surface area contributed by atoms with E-state index in [0.29, 0.717) is 22.7 Å². The van der Waals surface area contributed by atoms with Crippen molar-refractivity contribution in [3.63, 3.8) is 0 Å². The highest BCUT2D eigenvalue weighted by Gasteiger charge is 2.18. The SMILES string of the molecule is Cc1cccc(N=c2oc3ccc(Cl)cc3cc2C(=O)NC[C@@H]2CCCO2)c1C. The first-order valence-corrected chi connectivity index (χ1v) is 10.1. The quantitative estimate of drug-likeness (QED) is 0.669. The molecule has 1 amide bonds. The molecule has 1 aliphatic rings. The Bertz CT molecular complexity index is 1130. The Morgan fingerprint density at radius 2 is 2.10 bits per heavy atom. The van der Waals surface area contributed by atoms with Gasteiger partial charge in [-0.1, -0.05) is 23.7 Å². The minimum absolute atomic E-state index is 0.0604. The second kappa shape index (κ2) is 8.39.